The van der Waals surface area contributed by atoms with E-state index in [0.29, 0.717) is 18.0 Å². The van der Waals surface area contributed by atoms with Crippen molar-refractivity contribution in [1.29, 1.82) is 0 Å². The number of morpholine rings is 1. The minimum atomic E-state index is -0.515. The minimum absolute atomic E-state index is 0.267. The monoisotopic (exact) mass is 450 g/mol. The molecule has 2 fully saturated rings. The molecule has 2 heterocycles. The minimum Gasteiger partial charge on any atom is -0.493 e. The van der Waals surface area contributed by atoms with Crippen LogP contribution in [-0.4, -0.2) is 130 Å². The van der Waals surface area contributed by atoms with Crippen LogP contribution in [0.3, 0.4) is 0 Å². The zero-order chi connectivity index (χ0) is 22.8. The molecule has 2 aliphatic heterocycles. The van der Waals surface area contributed by atoms with Crippen LogP contribution in [0, 0.1) is 0 Å². The van der Waals surface area contributed by atoms with Gasteiger partial charge >= 0.3 is 0 Å². The van der Waals surface area contributed by atoms with Gasteiger partial charge in [-0.05, 0) is 31.3 Å². The molecular weight excluding hydrogens is 408 g/mol. The van der Waals surface area contributed by atoms with Gasteiger partial charge in [-0.2, -0.15) is 0 Å². The second-order valence-corrected chi connectivity index (χ2v) is 8.88. The van der Waals surface area contributed by atoms with E-state index < -0.39 is 6.10 Å². The van der Waals surface area contributed by atoms with Crippen LogP contribution in [0.2, 0.25) is 0 Å². The van der Waals surface area contributed by atoms with Crippen LogP contribution in [0.25, 0.3) is 0 Å². The summed E-state index contributed by atoms with van der Waals surface area (Å²) in [6.07, 6.45) is -0.515. The lowest BCUT2D eigenvalue weighted by atomic mass is 10.2. The number of nitrogens with zero attached hydrogens (tertiary/aromatic N) is 4. The molecule has 0 aromatic heterocycles. The summed E-state index contributed by atoms with van der Waals surface area (Å²) in [6.45, 7) is 15.0. The quantitative estimate of drug-likeness (QED) is 0.503. The average molecular weight is 451 g/mol. The Labute approximate surface area is 193 Å². The van der Waals surface area contributed by atoms with E-state index in [4.69, 9.17) is 14.2 Å². The summed E-state index contributed by atoms with van der Waals surface area (Å²) in [5.41, 5.74) is 1.19. The zero-order valence-electron chi connectivity index (χ0n) is 20.2. The van der Waals surface area contributed by atoms with Crippen LogP contribution in [0.1, 0.15) is 12.5 Å². The van der Waals surface area contributed by atoms with Gasteiger partial charge in [-0.25, -0.2) is 0 Å². The molecule has 2 saturated heterocycles. The first-order valence-electron chi connectivity index (χ1n) is 12.0. The Morgan fingerprint density at radius 1 is 1.03 bits per heavy atom. The summed E-state index contributed by atoms with van der Waals surface area (Å²) in [5, 5.41) is 10.4. The fourth-order valence-corrected chi connectivity index (χ4v) is 4.28. The number of hydrogen-bond acceptors (Lipinski definition) is 8. The van der Waals surface area contributed by atoms with Crippen LogP contribution in [0.15, 0.2) is 18.2 Å². The molecule has 1 atom stereocenters. The molecule has 8 nitrogen and oxygen atoms in total. The maximum absolute atomic E-state index is 10.4. The van der Waals surface area contributed by atoms with E-state index in [1.807, 2.05) is 12.1 Å². The van der Waals surface area contributed by atoms with Gasteiger partial charge in [0.2, 0.25) is 0 Å². The van der Waals surface area contributed by atoms with E-state index in [-0.39, 0.29) is 6.61 Å². The molecule has 3 rings (SSSR count). The van der Waals surface area contributed by atoms with Gasteiger partial charge in [0.15, 0.2) is 11.5 Å². The van der Waals surface area contributed by atoms with Crippen LogP contribution < -0.4 is 9.47 Å². The lowest BCUT2D eigenvalue weighted by Crippen LogP contribution is -2.49. The largest absolute Gasteiger partial charge is 0.493 e. The normalized spacial score (nSPS) is 19.9. The number of piperazine rings is 1. The summed E-state index contributed by atoms with van der Waals surface area (Å²) < 4.78 is 16.9. The van der Waals surface area contributed by atoms with E-state index in [2.05, 4.69) is 39.6 Å². The first-order chi connectivity index (χ1) is 15.6. The highest BCUT2D eigenvalue weighted by Gasteiger charge is 2.19. The molecule has 8 heteroatoms. The molecule has 1 N–H and O–H groups in total. The van der Waals surface area contributed by atoms with Crippen molar-refractivity contribution in [2.45, 2.75) is 19.6 Å². The zero-order valence-corrected chi connectivity index (χ0v) is 20.2. The van der Waals surface area contributed by atoms with Gasteiger partial charge in [-0.3, -0.25) is 9.80 Å². The highest BCUT2D eigenvalue weighted by molar-refractivity contribution is 5.43. The van der Waals surface area contributed by atoms with Crippen molar-refractivity contribution < 1.29 is 19.3 Å². The van der Waals surface area contributed by atoms with Crippen molar-refractivity contribution in [3.8, 4) is 11.5 Å². The van der Waals surface area contributed by atoms with E-state index in [9.17, 15) is 5.11 Å². The smallest absolute Gasteiger partial charge is 0.161 e. The summed E-state index contributed by atoms with van der Waals surface area (Å²) in [7, 11) is 3.81. The van der Waals surface area contributed by atoms with Crippen molar-refractivity contribution in [1.82, 2.24) is 19.6 Å². The SMILES string of the molecule is CCN1CCN(CC(O)COc2ccc(CN(C)CCN3CCOCC3)cc2OC)CC1. The molecule has 32 heavy (non-hydrogen) atoms. The van der Waals surface area contributed by atoms with Crippen LogP contribution in [0.4, 0.5) is 0 Å². The summed E-state index contributed by atoms with van der Waals surface area (Å²) >= 11 is 0. The third-order valence-electron chi connectivity index (χ3n) is 6.39. The Bertz CT molecular complexity index is 663. The predicted octanol–water partition coefficient (Wildman–Crippen LogP) is 0.836. The Balaban J connectivity index is 1.41. The van der Waals surface area contributed by atoms with Crippen molar-refractivity contribution in [3.63, 3.8) is 0 Å². The third kappa shape index (κ3) is 8.17. The Morgan fingerprint density at radius 3 is 2.44 bits per heavy atom. The average Bonchev–Trinajstić information content (AvgIpc) is 2.83. The number of likely N-dealkylation sites (N-methyl/N-ethyl adjacent to an activating group) is 2. The van der Waals surface area contributed by atoms with Crippen LogP contribution in [-0.2, 0) is 11.3 Å². The van der Waals surface area contributed by atoms with Gasteiger partial charge < -0.3 is 29.1 Å². The summed E-state index contributed by atoms with van der Waals surface area (Å²) in [6, 6.07) is 6.08. The van der Waals surface area contributed by atoms with Gasteiger partial charge in [-0.15, -0.1) is 0 Å². The van der Waals surface area contributed by atoms with E-state index in [0.717, 1.165) is 78.7 Å². The van der Waals surface area contributed by atoms with Crippen molar-refractivity contribution in [2.75, 3.05) is 99.4 Å². The fourth-order valence-electron chi connectivity index (χ4n) is 4.28. The third-order valence-corrected chi connectivity index (χ3v) is 6.39. The number of hydrogen-bond donors (Lipinski definition) is 1. The first-order valence-corrected chi connectivity index (χ1v) is 12.0. The van der Waals surface area contributed by atoms with Crippen LogP contribution in [0.5, 0.6) is 11.5 Å². The van der Waals surface area contributed by atoms with Crippen molar-refractivity contribution >= 4 is 0 Å². The number of methoxy groups -OCH3 is 1. The topological polar surface area (TPSA) is 60.9 Å². The molecule has 1 aromatic rings. The molecule has 1 aromatic carbocycles. The molecular formula is C24H42N4O4. The molecule has 0 saturated carbocycles. The number of β-amino-alcohol motifs (C(OH)–C–C–N with tert-alkyl or cyclic N) is 1. The summed E-state index contributed by atoms with van der Waals surface area (Å²) in [4.78, 5) is 9.53. The van der Waals surface area contributed by atoms with E-state index in [1.54, 1.807) is 7.11 Å². The second-order valence-electron chi connectivity index (χ2n) is 8.88. The molecule has 2 aliphatic rings. The molecule has 0 aliphatic carbocycles. The second kappa shape index (κ2) is 13.3. The lowest BCUT2D eigenvalue weighted by molar-refractivity contribution is 0.0342. The van der Waals surface area contributed by atoms with Crippen LogP contribution >= 0.6 is 0 Å². The molecule has 0 amide bonds. The van der Waals surface area contributed by atoms with Gasteiger partial charge in [0, 0.05) is 65.4 Å². The summed E-state index contributed by atoms with van der Waals surface area (Å²) in [5.74, 6) is 1.40. The van der Waals surface area contributed by atoms with Gasteiger partial charge in [0.05, 0.1) is 20.3 Å². The highest BCUT2D eigenvalue weighted by Crippen LogP contribution is 2.28. The van der Waals surface area contributed by atoms with Crippen molar-refractivity contribution in [2.24, 2.45) is 0 Å². The fraction of sp³-hybridized carbons (Fsp3) is 0.750. The Kier molecular flexibility index (Phi) is 10.5. The maximum atomic E-state index is 10.4. The standard InChI is InChI=1S/C24H42N4O4/c1-4-26-9-11-28(12-10-26)19-22(29)20-32-23-6-5-21(17-24(23)30-3)18-25(2)7-8-27-13-15-31-16-14-27/h5-6,17,22,29H,4,7-16,18-20H2,1-3H3. The van der Waals surface area contributed by atoms with E-state index >= 15 is 0 Å². The van der Waals surface area contributed by atoms with Gasteiger partial charge in [-0.1, -0.05) is 13.0 Å². The van der Waals surface area contributed by atoms with Gasteiger partial charge in [0.1, 0.15) is 12.7 Å². The number of aliphatic hydroxyl groups excluding tert-OH is 1. The number of benzene rings is 1. The maximum Gasteiger partial charge on any atom is 0.161 e. The van der Waals surface area contributed by atoms with E-state index in [1.165, 1.54) is 5.56 Å². The van der Waals surface area contributed by atoms with Crippen molar-refractivity contribution in [3.05, 3.63) is 23.8 Å². The number of ether oxygens (including phenoxy) is 3. The lowest BCUT2D eigenvalue weighted by Gasteiger charge is -2.34. The molecule has 0 radical (unpaired) electrons. The predicted molar refractivity (Wildman–Crippen MR) is 127 cm³/mol. The molecule has 1 unspecified atom stereocenters. The Hall–Kier alpha value is -1.42. The molecule has 0 spiro atoms. The van der Waals surface area contributed by atoms with Gasteiger partial charge in [0.25, 0.3) is 0 Å². The first kappa shape index (κ1) is 25.2. The number of aliphatic hydroxyl groups is 1. The molecule has 182 valence electrons. The highest BCUT2D eigenvalue weighted by atomic mass is 16.5. The molecule has 0 bridgehead atoms. The number of rotatable bonds is 12. The Morgan fingerprint density at radius 2 is 1.75 bits per heavy atom.